The van der Waals surface area contributed by atoms with E-state index in [4.69, 9.17) is 9.15 Å². The lowest BCUT2D eigenvalue weighted by Crippen LogP contribution is -2.12. The van der Waals surface area contributed by atoms with Gasteiger partial charge in [-0.1, -0.05) is 97.1 Å². The first-order valence-corrected chi connectivity index (χ1v) is 16.9. The van der Waals surface area contributed by atoms with Crippen molar-refractivity contribution < 1.29 is 9.15 Å². The Hall–Kier alpha value is -6.72. The van der Waals surface area contributed by atoms with Gasteiger partial charge in [-0.15, -0.1) is 0 Å². The number of fused-ring (bicyclic) bond motifs is 3. The summed E-state index contributed by atoms with van der Waals surface area (Å²) < 4.78 is 13.4. The number of hydrogen-bond acceptors (Lipinski definition) is 5. The fraction of sp³-hybridized carbons (Fsp3) is 0.0222. The van der Waals surface area contributed by atoms with E-state index in [0.29, 0.717) is 0 Å². The number of hydrogen-bond donors (Lipinski definition) is 1. The molecule has 0 bridgehead atoms. The number of furan rings is 1. The van der Waals surface area contributed by atoms with E-state index in [1.54, 1.807) is 0 Å². The highest BCUT2D eigenvalue weighted by Crippen LogP contribution is 2.53. The highest BCUT2D eigenvalue weighted by Gasteiger charge is 2.31. The summed E-state index contributed by atoms with van der Waals surface area (Å²) in [6.45, 7) is 0. The van der Waals surface area contributed by atoms with Crippen LogP contribution in [0.25, 0.3) is 32.7 Å². The summed E-state index contributed by atoms with van der Waals surface area (Å²) >= 11 is 0. The van der Waals surface area contributed by atoms with Crippen LogP contribution >= 0.6 is 0 Å². The first kappa shape index (κ1) is 28.3. The molecule has 0 saturated carbocycles. The van der Waals surface area contributed by atoms with Gasteiger partial charge in [0.05, 0.1) is 11.4 Å². The van der Waals surface area contributed by atoms with E-state index >= 15 is 0 Å². The zero-order valence-electron chi connectivity index (χ0n) is 27.0. The van der Waals surface area contributed by atoms with Crippen molar-refractivity contribution in [2.24, 2.45) is 0 Å². The molecule has 1 aromatic heterocycles. The fourth-order valence-corrected chi connectivity index (χ4v) is 7.40. The quantitative estimate of drug-likeness (QED) is 0.175. The summed E-state index contributed by atoms with van der Waals surface area (Å²) in [5, 5.41) is 8.10. The normalized spacial score (nSPS) is 13.7. The molecule has 0 aliphatic carbocycles. The van der Waals surface area contributed by atoms with E-state index in [0.717, 1.165) is 83.8 Å². The highest BCUT2D eigenvalue weighted by atomic mass is 16.5. The van der Waals surface area contributed by atoms with Crippen molar-refractivity contribution in [2.75, 3.05) is 15.1 Å². The second-order valence-electron chi connectivity index (χ2n) is 12.6. The van der Waals surface area contributed by atoms with Crippen LogP contribution in [0.3, 0.4) is 0 Å². The van der Waals surface area contributed by atoms with Crippen LogP contribution in [-0.2, 0) is 0 Å². The number of rotatable bonds is 7. The smallest absolute Gasteiger partial charge is 0.196 e. The fourth-order valence-electron chi connectivity index (χ4n) is 7.40. The highest BCUT2D eigenvalue weighted by molar-refractivity contribution is 6.28. The number of benzene rings is 8. The zero-order valence-corrected chi connectivity index (χ0v) is 27.0. The van der Waals surface area contributed by atoms with E-state index in [-0.39, 0.29) is 6.23 Å². The third kappa shape index (κ3) is 4.55. The molecule has 2 heterocycles. The van der Waals surface area contributed by atoms with Crippen molar-refractivity contribution in [2.45, 2.75) is 6.23 Å². The Morgan fingerprint density at radius 2 is 0.920 bits per heavy atom. The minimum Gasteiger partial charge on any atom is -0.464 e. The molecular weight excluding hydrogens is 615 g/mol. The molecule has 9 aromatic rings. The Bertz CT molecular complexity index is 2510. The Balaban J connectivity index is 1.08. The third-order valence-electron chi connectivity index (χ3n) is 9.61. The molecule has 50 heavy (non-hydrogen) atoms. The first-order valence-electron chi connectivity index (χ1n) is 16.9. The zero-order chi connectivity index (χ0) is 33.0. The van der Waals surface area contributed by atoms with Crippen LogP contribution in [0.5, 0.6) is 5.75 Å². The number of ether oxygens (including phenoxy) is 1. The molecule has 0 spiro atoms. The third-order valence-corrected chi connectivity index (χ3v) is 9.61. The number of para-hydroxylation sites is 4. The van der Waals surface area contributed by atoms with Gasteiger partial charge in [-0.2, -0.15) is 0 Å². The van der Waals surface area contributed by atoms with Gasteiger partial charge < -0.3 is 24.3 Å². The van der Waals surface area contributed by atoms with Crippen molar-refractivity contribution in [1.29, 1.82) is 0 Å². The van der Waals surface area contributed by atoms with Crippen LogP contribution in [0.2, 0.25) is 0 Å². The summed E-state index contributed by atoms with van der Waals surface area (Å²) in [5.41, 5.74) is 10.2. The van der Waals surface area contributed by atoms with E-state index in [1.165, 1.54) is 0 Å². The Morgan fingerprint density at radius 3 is 1.48 bits per heavy atom. The largest absolute Gasteiger partial charge is 0.464 e. The minimum atomic E-state index is -0.356. The maximum atomic E-state index is 6.84. The molecule has 1 unspecified atom stereocenters. The van der Waals surface area contributed by atoms with Gasteiger partial charge in [0.25, 0.3) is 0 Å². The molecule has 8 aromatic carbocycles. The van der Waals surface area contributed by atoms with Crippen LogP contribution in [0.15, 0.2) is 180 Å². The summed E-state index contributed by atoms with van der Waals surface area (Å²) in [6, 6.07) is 61.2. The van der Waals surface area contributed by atoms with Crippen LogP contribution in [0.4, 0.5) is 39.8 Å². The predicted molar refractivity (Wildman–Crippen MR) is 205 cm³/mol. The summed E-state index contributed by atoms with van der Waals surface area (Å²) in [4.78, 5) is 4.54. The van der Waals surface area contributed by atoms with Gasteiger partial charge in [0.2, 0.25) is 0 Å². The maximum Gasteiger partial charge on any atom is 0.196 e. The second kappa shape index (κ2) is 11.5. The maximum absolute atomic E-state index is 6.84. The van der Waals surface area contributed by atoms with Gasteiger partial charge in [0.1, 0.15) is 11.2 Å². The molecule has 5 nitrogen and oxygen atoms in total. The number of nitrogens with one attached hydrogen (secondary N) is 1. The Kier molecular flexibility index (Phi) is 6.49. The second-order valence-corrected chi connectivity index (χ2v) is 12.6. The van der Waals surface area contributed by atoms with Gasteiger partial charge in [-0.25, -0.2) is 0 Å². The average Bonchev–Trinajstić information content (AvgIpc) is 3.80. The molecule has 10 rings (SSSR count). The van der Waals surface area contributed by atoms with Crippen molar-refractivity contribution in [3.05, 3.63) is 181 Å². The van der Waals surface area contributed by atoms with Crippen LogP contribution in [0.1, 0.15) is 11.8 Å². The molecule has 1 aliphatic rings. The number of nitrogens with zero attached hydrogens (tertiary/aromatic N) is 2. The van der Waals surface area contributed by atoms with Gasteiger partial charge in [0, 0.05) is 61.6 Å². The van der Waals surface area contributed by atoms with Crippen molar-refractivity contribution in [3.8, 4) is 5.75 Å². The molecule has 0 fully saturated rings. The lowest BCUT2D eigenvalue weighted by Gasteiger charge is -2.26. The predicted octanol–water partition coefficient (Wildman–Crippen LogP) is 12.6. The molecule has 238 valence electrons. The van der Waals surface area contributed by atoms with E-state index in [2.05, 4.69) is 155 Å². The standard InChI is InChI=1S/C45H31N3O2/c1-5-14-31(15-6-1)47(32-16-7-2-8-17-32)35-26-24-30(25-27-35)45-46-43-38-28-36(48(33-18-9-3-10-19-33)34-20-11-4-12-21-34)29-40-42(38)41-37(44(43)50-45)22-13-23-39(41)49-40/h1-29,45-46H. The number of anilines is 7. The lowest BCUT2D eigenvalue weighted by molar-refractivity contribution is 0.262. The average molecular weight is 646 g/mol. The summed E-state index contributed by atoms with van der Waals surface area (Å²) in [6.07, 6.45) is -0.356. The summed E-state index contributed by atoms with van der Waals surface area (Å²) in [5.74, 6) is 0.846. The van der Waals surface area contributed by atoms with Crippen molar-refractivity contribution >= 4 is 72.5 Å². The SMILES string of the molecule is c1ccc(N(c2ccccc2)c2ccc(C3Nc4c(c5cccc6oc7cc(N(c8ccccc8)c8ccccc8)cc4c7c65)O3)cc2)cc1. The summed E-state index contributed by atoms with van der Waals surface area (Å²) in [7, 11) is 0. The molecule has 0 radical (unpaired) electrons. The molecule has 1 N–H and O–H groups in total. The van der Waals surface area contributed by atoms with Crippen molar-refractivity contribution in [3.63, 3.8) is 0 Å². The minimum absolute atomic E-state index is 0.356. The Morgan fingerprint density at radius 1 is 0.420 bits per heavy atom. The van der Waals surface area contributed by atoms with Gasteiger partial charge in [0.15, 0.2) is 12.0 Å². The molecular formula is C45H31N3O2. The van der Waals surface area contributed by atoms with Crippen LogP contribution < -0.4 is 19.9 Å². The van der Waals surface area contributed by atoms with Gasteiger partial charge in [-0.3, -0.25) is 0 Å². The molecule has 1 aliphatic heterocycles. The molecule has 0 saturated heterocycles. The first-order chi connectivity index (χ1) is 24.8. The van der Waals surface area contributed by atoms with Gasteiger partial charge >= 0.3 is 0 Å². The topological polar surface area (TPSA) is 40.9 Å². The molecule has 1 atom stereocenters. The van der Waals surface area contributed by atoms with E-state index in [1.807, 2.05) is 36.4 Å². The van der Waals surface area contributed by atoms with Gasteiger partial charge in [-0.05, 0) is 72.8 Å². The van der Waals surface area contributed by atoms with Crippen LogP contribution in [0, 0.1) is 0 Å². The molecule has 5 heteroatoms. The van der Waals surface area contributed by atoms with Crippen molar-refractivity contribution in [1.82, 2.24) is 0 Å². The monoisotopic (exact) mass is 645 g/mol. The van der Waals surface area contributed by atoms with Crippen LogP contribution in [-0.4, -0.2) is 0 Å². The van der Waals surface area contributed by atoms with E-state index < -0.39 is 0 Å². The molecule has 0 amide bonds. The Labute approximate surface area is 289 Å². The lowest BCUT2D eigenvalue weighted by atomic mass is 9.98. The van der Waals surface area contributed by atoms with E-state index in [9.17, 15) is 0 Å².